The van der Waals surface area contributed by atoms with Gasteiger partial charge >= 0.3 is 17.9 Å². The van der Waals surface area contributed by atoms with Gasteiger partial charge in [0.15, 0.2) is 11.8 Å². The number of hydrogen-bond acceptors (Lipinski definition) is 12. The number of aliphatic hydroxyl groups is 1. The Balaban J connectivity index is 1.26. The number of aromatic nitrogens is 1. The van der Waals surface area contributed by atoms with Crippen molar-refractivity contribution in [1.29, 1.82) is 0 Å². The third kappa shape index (κ3) is 4.68. The van der Waals surface area contributed by atoms with E-state index < -0.39 is 63.2 Å². The van der Waals surface area contributed by atoms with Gasteiger partial charge in [-0.2, -0.15) is 0 Å². The van der Waals surface area contributed by atoms with Crippen molar-refractivity contribution in [3.63, 3.8) is 0 Å². The van der Waals surface area contributed by atoms with E-state index in [1.54, 1.807) is 7.11 Å². The zero-order valence-electron chi connectivity index (χ0n) is 36.3. The lowest BCUT2D eigenvalue weighted by Gasteiger charge is -2.58. The summed E-state index contributed by atoms with van der Waals surface area (Å²) in [4.78, 5) is 53.9. The number of likely N-dealkylation sites (N-methyl/N-ethyl adjacent to an activating group) is 1. The lowest BCUT2D eigenvalue weighted by Crippen LogP contribution is -2.73. The number of carbonyl (C=O) groups excluding carboxylic acids is 3. The monoisotopic (exact) mass is 824 g/mol. The van der Waals surface area contributed by atoms with Gasteiger partial charge in [-0.05, 0) is 87.3 Å². The average Bonchev–Trinajstić information content (AvgIpc) is 3.49. The molecule has 13 nitrogen and oxygen atoms in total. The number of H-pyrrole nitrogens is 1. The molecule has 2 aromatic rings. The number of ether oxygens (including phenoxy) is 5. The predicted octanol–water partition coefficient (Wildman–Crippen LogP) is 4.31. The molecule has 0 radical (unpaired) electrons. The molecular formula is C47H60N4O9. The number of rotatable bonds is 7. The zero-order valence-corrected chi connectivity index (χ0v) is 36.3. The van der Waals surface area contributed by atoms with E-state index in [1.807, 2.05) is 14.0 Å². The van der Waals surface area contributed by atoms with Gasteiger partial charge in [-0.1, -0.05) is 43.7 Å². The minimum absolute atomic E-state index is 0.0463. The molecule has 1 saturated carbocycles. The van der Waals surface area contributed by atoms with Crippen molar-refractivity contribution in [2.45, 2.75) is 107 Å². The Hall–Kier alpha value is -4.01. The van der Waals surface area contributed by atoms with Crippen LogP contribution in [0.4, 0.5) is 0 Å². The van der Waals surface area contributed by atoms with Crippen LogP contribution in [0.25, 0.3) is 10.9 Å². The maximum Gasteiger partial charge on any atom is 0.347 e. The molecule has 13 heteroatoms. The Bertz CT molecular complexity index is 2290. The zero-order chi connectivity index (χ0) is 42.4. The quantitative estimate of drug-likeness (QED) is 0.178. The number of hydrogen-bond donors (Lipinski definition) is 2. The highest BCUT2D eigenvalue weighted by atomic mass is 16.7. The number of esters is 3. The fourth-order valence-electron chi connectivity index (χ4n) is 14.5. The second-order valence-electron chi connectivity index (χ2n) is 19.2. The minimum Gasteiger partial charge on any atom is -0.468 e. The van der Waals surface area contributed by atoms with Crippen LogP contribution in [-0.4, -0.2) is 139 Å². The van der Waals surface area contributed by atoms with E-state index in [9.17, 15) is 14.7 Å². The maximum absolute atomic E-state index is 15.5. The number of nitrogens with one attached hydrogen (secondary N) is 1. The number of fused-ring (bicyclic) bond motifs is 6. The van der Waals surface area contributed by atoms with Crippen molar-refractivity contribution in [1.82, 2.24) is 19.7 Å². The van der Waals surface area contributed by atoms with Crippen molar-refractivity contribution in [3.8, 4) is 0 Å². The molecule has 2 aliphatic carbocycles. The van der Waals surface area contributed by atoms with Crippen LogP contribution >= 0.6 is 0 Å². The summed E-state index contributed by atoms with van der Waals surface area (Å²) in [5.74, 6) is -2.05. The summed E-state index contributed by atoms with van der Waals surface area (Å²) in [6.45, 7) is 11.1. The molecule has 8 aliphatic rings. The standard InChI is InChI=1S/C47H60N4O9/c1-9-42(55)23-29-24-44(40(53)57-7,37-30(14-18-50(25-29)26-42)31-20-27(3)12-13-34(31)48-37)33-21-32-35(22-36(33)56-6)49(5)47-45(32)16-19-51-17-11-15-43(10-2,38(45)51)39(59-28(4)52)46(47,60-47)41(54)58-8/h11-13,15,20-22,29,33,36,38-39,48,55H,9-10,14,16-19,23-26H2,1-8H3/t29-,33?,36?,38+,39-,42+,43-,44+,45-,46+,47+/m1/s1. The van der Waals surface area contributed by atoms with Gasteiger partial charge in [0.05, 0.1) is 31.3 Å². The molecule has 2 N–H and O–H groups in total. The molecule has 10 rings (SSSR count). The smallest absolute Gasteiger partial charge is 0.347 e. The van der Waals surface area contributed by atoms with E-state index in [-0.39, 0.29) is 17.9 Å². The van der Waals surface area contributed by atoms with E-state index in [4.69, 9.17) is 23.7 Å². The third-order valence-electron chi connectivity index (χ3n) is 16.7. The number of methoxy groups -OCH3 is 3. The highest BCUT2D eigenvalue weighted by Crippen LogP contribution is 2.82. The van der Waals surface area contributed by atoms with E-state index in [0.29, 0.717) is 51.6 Å². The fourth-order valence-corrected chi connectivity index (χ4v) is 14.5. The third-order valence-corrected chi connectivity index (χ3v) is 16.7. The summed E-state index contributed by atoms with van der Waals surface area (Å²) < 4.78 is 31.7. The molecule has 0 amide bonds. The number of aryl methyl sites for hydroxylation is 1. The van der Waals surface area contributed by atoms with Gasteiger partial charge in [-0.15, -0.1) is 0 Å². The number of aromatic amines is 1. The summed E-state index contributed by atoms with van der Waals surface area (Å²) in [6, 6.07) is 6.19. The lowest BCUT2D eigenvalue weighted by atomic mass is 9.48. The molecule has 1 aromatic carbocycles. The van der Waals surface area contributed by atoms with Gasteiger partial charge in [-0.25, -0.2) is 4.79 Å². The van der Waals surface area contributed by atoms with Crippen molar-refractivity contribution < 1.29 is 43.2 Å². The molecule has 5 fully saturated rings. The summed E-state index contributed by atoms with van der Waals surface area (Å²) in [6.07, 6.45) is 10.6. The first kappa shape index (κ1) is 40.1. The van der Waals surface area contributed by atoms with E-state index in [1.165, 1.54) is 21.1 Å². The number of piperidine rings is 1. The molecule has 6 aliphatic heterocycles. The molecule has 2 spiro atoms. The molecule has 4 saturated heterocycles. The van der Waals surface area contributed by atoms with Crippen LogP contribution in [0.1, 0.15) is 69.7 Å². The van der Waals surface area contributed by atoms with Gasteiger partial charge in [0.1, 0.15) is 5.41 Å². The predicted molar refractivity (Wildman–Crippen MR) is 221 cm³/mol. The number of likely N-dealkylation sites (tertiary alicyclic amines) is 1. The highest BCUT2D eigenvalue weighted by Gasteiger charge is 2.99. The molecule has 1 aromatic heterocycles. The molecule has 2 bridgehead atoms. The van der Waals surface area contributed by atoms with E-state index >= 15 is 4.79 Å². The summed E-state index contributed by atoms with van der Waals surface area (Å²) in [5.41, 5.74) is -0.816. The highest BCUT2D eigenvalue weighted by molar-refractivity contribution is 5.92. The number of carbonyl (C=O) groups is 3. The number of nitrogens with zero attached hydrogens (tertiary/aromatic N) is 3. The Morgan fingerprint density at radius 3 is 2.52 bits per heavy atom. The van der Waals surface area contributed by atoms with Gasteiger partial charge in [0.25, 0.3) is 5.60 Å². The van der Waals surface area contributed by atoms with Crippen LogP contribution in [0.3, 0.4) is 0 Å². The Morgan fingerprint density at radius 2 is 1.82 bits per heavy atom. The summed E-state index contributed by atoms with van der Waals surface area (Å²) in [7, 11) is 6.50. The minimum atomic E-state index is -1.64. The average molecular weight is 825 g/mol. The first-order valence-corrected chi connectivity index (χ1v) is 21.9. The normalized spacial score (nSPS) is 42.2. The molecule has 12 atom stereocenters. The van der Waals surface area contributed by atoms with Crippen LogP contribution < -0.4 is 0 Å². The molecule has 60 heavy (non-hydrogen) atoms. The van der Waals surface area contributed by atoms with Gasteiger partial charge in [0, 0.05) is 86.9 Å². The van der Waals surface area contributed by atoms with E-state index in [2.05, 4.69) is 76.0 Å². The summed E-state index contributed by atoms with van der Waals surface area (Å²) in [5, 5.41) is 13.1. The van der Waals surface area contributed by atoms with Crippen molar-refractivity contribution in [2.75, 3.05) is 61.1 Å². The van der Waals surface area contributed by atoms with Crippen molar-refractivity contribution in [2.24, 2.45) is 22.7 Å². The Labute approximate surface area is 352 Å². The fraction of sp³-hybridized carbons (Fsp3) is 0.638. The van der Waals surface area contributed by atoms with Crippen LogP contribution in [0.5, 0.6) is 0 Å². The van der Waals surface area contributed by atoms with Crippen LogP contribution in [0.2, 0.25) is 0 Å². The number of allylic oxidation sites excluding steroid dienone is 1. The SMILES string of the molecule is CC[C@]1(O)C[C@H]2CN(CCc3c([nH]c4ccc(C)cc34)[C@@](C(=O)OC)(C3C=C4C(=CC3OC)N(C)[C@@]35O[C@]3(C(=O)OC)[C@H](OC(C)=O)[C@]3(CC)C=CCN6CC[C@]45[C@@H]63)C2)C1. The van der Waals surface area contributed by atoms with Crippen LogP contribution in [-0.2, 0) is 49.9 Å². The Kier molecular flexibility index (Phi) is 8.85. The summed E-state index contributed by atoms with van der Waals surface area (Å²) >= 11 is 0. The largest absolute Gasteiger partial charge is 0.468 e. The van der Waals surface area contributed by atoms with Gasteiger partial charge in [-0.3, -0.25) is 19.4 Å². The van der Waals surface area contributed by atoms with E-state index in [0.717, 1.165) is 58.6 Å². The number of benzene rings is 1. The molecular weight excluding hydrogens is 765 g/mol. The lowest BCUT2D eigenvalue weighted by molar-refractivity contribution is -0.182. The van der Waals surface area contributed by atoms with Crippen LogP contribution in [0, 0.1) is 29.6 Å². The Morgan fingerprint density at radius 1 is 1.03 bits per heavy atom. The second kappa shape index (κ2) is 13.2. The second-order valence-corrected chi connectivity index (χ2v) is 19.2. The molecule has 322 valence electrons. The van der Waals surface area contributed by atoms with Crippen molar-refractivity contribution >= 4 is 28.8 Å². The first-order chi connectivity index (χ1) is 28.7. The van der Waals surface area contributed by atoms with Gasteiger partial charge in [0.2, 0.25) is 0 Å². The maximum atomic E-state index is 15.5. The van der Waals surface area contributed by atoms with Gasteiger partial charge < -0.3 is 38.7 Å². The van der Waals surface area contributed by atoms with Crippen LogP contribution in [0.15, 0.2) is 53.8 Å². The molecule has 7 heterocycles. The topological polar surface area (TPSA) is 146 Å². The molecule has 3 unspecified atom stereocenters. The first-order valence-electron chi connectivity index (χ1n) is 21.9. The van der Waals surface area contributed by atoms with Crippen molar-refractivity contribution in [3.05, 3.63) is 70.6 Å². The number of epoxide rings is 1.